The SMILES string of the molecule is NC(=NCC1(CCO)CCOC1)Nc1cccc(Oc2ccccc2)c1. The van der Waals surface area contributed by atoms with Gasteiger partial charge < -0.3 is 25.6 Å². The van der Waals surface area contributed by atoms with Crippen LogP contribution in [0.4, 0.5) is 5.69 Å². The van der Waals surface area contributed by atoms with Crippen molar-refractivity contribution in [2.24, 2.45) is 16.1 Å². The van der Waals surface area contributed by atoms with Gasteiger partial charge in [0.05, 0.1) is 13.2 Å². The van der Waals surface area contributed by atoms with Crippen LogP contribution in [0.25, 0.3) is 0 Å². The maximum atomic E-state index is 9.28. The molecule has 0 radical (unpaired) electrons. The zero-order valence-electron chi connectivity index (χ0n) is 14.7. The van der Waals surface area contributed by atoms with Crippen molar-refractivity contribution in [3.63, 3.8) is 0 Å². The van der Waals surface area contributed by atoms with Crippen molar-refractivity contribution in [3.8, 4) is 11.5 Å². The van der Waals surface area contributed by atoms with Gasteiger partial charge in [-0.3, -0.25) is 4.99 Å². The molecule has 1 unspecified atom stereocenters. The highest BCUT2D eigenvalue weighted by atomic mass is 16.5. The molecule has 3 rings (SSSR count). The smallest absolute Gasteiger partial charge is 0.193 e. The number of aliphatic hydroxyl groups excluding tert-OH is 1. The van der Waals surface area contributed by atoms with E-state index in [0.717, 1.165) is 23.6 Å². The Morgan fingerprint density at radius 2 is 2.00 bits per heavy atom. The number of aliphatic hydroxyl groups is 1. The molecule has 26 heavy (non-hydrogen) atoms. The molecule has 0 saturated carbocycles. The van der Waals surface area contributed by atoms with Crippen molar-refractivity contribution in [1.29, 1.82) is 0 Å². The van der Waals surface area contributed by atoms with E-state index >= 15 is 0 Å². The van der Waals surface area contributed by atoms with Crippen LogP contribution < -0.4 is 15.8 Å². The van der Waals surface area contributed by atoms with Crippen LogP contribution >= 0.6 is 0 Å². The Morgan fingerprint density at radius 1 is 1.19 bits per heavy atom. The zero-order valence-corrected chi connectivity index (χ0v) is 14.7. The minimum absolute atomic E-state index is 0.112. The highest BCUT2D eigenvalue weighted by molar-refractivity contribution is 5.92. The Hall–Kier alpha value is -2.57. The van der Waals surface area contributed by atoms with E-state index in [1.54, 1.807) is 0 Å². The molecule has 1 heterocycles. The predicted octanol–water partition coefficient (Wildman–Crippen LogP) is 2.99. The van der Waals surface area contributed by atoms with Crippen LogP contribution in [0.3, 0.4) is 0 Å². The van der Waals surface area contributed by atoms with Crippen LogP contribution in [-0.2, 0) is 4.74 Å². The summed E-state index contributed by atoms with van der Waals surface area (Å²) in [4.78, 5) is 4.46. The molecule has 4 N–H and O–H groups in total. The second-order valence-electron chi connectivity index (χ2n) is 6.55. The van der Waals surface area contributed by atoms with E-state index in [9.17, 15) is 5.11 Å². The third-order valence-corrected chi connectivity index (χ3v) is 4.50. The molecule has 2 aromatic rings. The minimum atomic E-state index is -0.112. The minimum Gasteiger partial charge on any atom is -0.457 e. The first kappa shape index (κ1) is 18.2. The Morgan fingerprint density at radius 3 is 2.73 bits per heavy atom. The number of hydrogen-bond acceptors (Lipinski definition) is 4. The van der Waals surface area contributed by atoms with E-state index in [-0.39, 0.29) is 12.0 Å². The van der Waals surface area contributed by atoms with Crippen LogP contribution in [0.15, 0.2) is 59.6 Å². The molecule has 0 aliphatic carbocycles. The van der Waals surface area contributed by atoms with E-state index in [1.807, 2.05) is 54.6 Å². The number of benzene rings is 2. The molecule has 1 atom stereocenters. The van der Waals surface area contributed by atoms with Gasteiger partial charge in [0.25, 0.3) is 0 Å². The number of nitrogens with one attached hydrogen (secondary N) is 1. The fraction of sp³-hybridized carbons (Fsp3) is 0.350. The lowest BCUT2D eigenvalue weighted by Crippen LogP contribution is -2.30. The van der Waals surface area contributed by atoms with Gasteiger partial charge >= 0.3 is 0 Å². The van der Waals surface area contributed by atoms with E-state index in [0.29, 0.717) is 32.1 Å². The maximum absolute atomic E-state index is 9.28. The first-order chi connectivity index (χ1) is 12.7. The van der Waals surface area contributed by atoms with Gasteiger partial charge in [0, 0.05) is 30.4 Å². The van der Waals surface area contributed by atoms with E-state index in [2.05, 4.69) is 10.3 Å². The van der Waals surface area contributed by atoms with Crippen LogP contribution in [-0.4, -0.2) is 37.4 Å². The molecule has 6 heteroatoms. The summed E-state index contributed by atoms with van der Waals surface area (Å²) in [5, 5.41) is 12.4. The van der Waals surface area contributed by atoms with Gasteiger partial charge in [0.15, 0.2) is 5.96 Å². The fourth-order valence-corrected chi connectivity index (χ4v) is 2.99. The summed E-state index contributed by atoms with van der Waals surface area (Å²) in [6, 6.07) is 17.2. The summed E-state index contributed by atoms with van der Waals surface area (Å²) >= 11 is 0. The Bertz CT molecular complexity index is 728. The van der Waals surface area contributed by atoms with E-state index in [1.165, 1.54) is 0 Å². The second-order valence-corrected chi connectivity index (χ2v) is 6.55. The average molecular weight is 355 g/mol. The highest BCUT2D eigenvalue weighted by Gasteiger charge is 2.34. The van der Waals surface area contributed by atoms with E-state index < -0.39 is 0 Å². The number of aliphatic imine (C=N–C) groups is 1. The molecule has 1 aliphatic heterocycles. The van der Waals surface area contributed by atoms with Crippen LogP contribution in [0.1, 0.15) is 12.8 Å². The Labute approximate surface area is 153 Å². The average Bonchev–Trinajstić information content (AvgIpc) is 3.10. The largest absolute Gasteiger partial charge is 0.457 e. The van der Waals surface area contributed by atoms with Crippen LogP contribution in [0.5, 0.6) is 11.5 Å². The van der Waals surface area contributed by atoms with Gasteiger partial charge in [0.2, 0.25) is 0 Å². The molecule has 0 spiro atoms. The molecule has 6 nitrogen and oxygen atoms in total. The van der Waals surface area contributed by atoms with E-state index in [4.69, 9.17) is 15.2 Å². The standard InChI is InChI=1S/C20H25N3O3/c21-19(22-14-20(9-11-24)10-12-25-15-20)23-16-5-4-8-18(13-16)26-17-6-2-1-3-7-17/h1-8,13,24H,9-12,14-15H2,(H3,21,22,23). The van der Waals surface area contributed by atoms with Crippen molar-refractivity contribution >= 4 is 11.6 Å². The topological polar surface area (TPSA) is 89.1 Å². The predicted molar refractivity (Wildman–Crippen MR) is 103 cm³/mol. The number of rotatable bonds is 7. The second kappa shape index (κ2) is 8.69. The molecule has 1 saturated heterocycles. The highest BCUT2D eigenvalue weighted by Crippen LogP contribution is 2.32. The molecule has 1 fully saturated rings. The number of hydrogen-bond donors (Lipinski definition) is 3. The number of para-hydroxylation sites is 1. The number of guanidine groups is 1. The van der Waals surface area contributed by atoms with Crippen LogP contribution in [0, 0.1) is 5.41 Å². The first-order valence-corrected chi connectivity index (χ1v) is 8.78. The fourth-order valence-electron chi connectivity index (χ4n) is 2.99. The van der Waals surface area contributed by atoms with Crippen molar-refractivity contribution in [3.05, 3.63) is 54.6 Å². The maximum Gasteiger partial charge on any atom is 0.193 e. The van der Waals surface area contributed by atoms with Gasteiger partial charge in [0.1, 0.15) is 11.5 Å². The normalized spacial score (nSPS) is 20.1. The number of ether oxygens (including phenoxy) is 2. The van der Waals surface area contributed by atoms with Gasteiger partial charge in [-0.05, 0) is 37.1 Å². The Kier molecular flexibility index (Phi) is 6.09. The van der Waals surface area contributed by atoms with Crippen LogP contribution in [0.2, 0.25) is 0 Å². The molecular weight excluding hydrogens is 330 g/mol. The molecule has 0 aromatic heterocycles. The summed E-state index contributed by atoms with van der Waals surface area (Å²) in [5.74, 6) is 1.83. The molecule has 2 aromatic carbocycles. The Balaban J connectivity index is 1.62. The summed E-state index contributed by atoms with van der Waals surface area (Å²) in [6.45, 7) is 1.99. The zero-order chi connectivity index (χ0) is 18.2. The molecule has 1 aliphatic rings. The van der Waals surface area contributed by atoms with Gasteiger partial charge in [-0.1, -0.05) is 24.3 Å². The quantitative estimate of drug-likeness (QED) is 0.525. The summed E-state index contributed by atoms with van der Waals surface area (Å²) < 4.78 is 11.3. The lowest BCUT2D eigenvalue weighted by molar-refractivity contribution is 0.131. The lowest BCUT2D eigenvalue weighted by Gasteiger charge is -2.24. The molecule has 0 amide bonds. The monoisotopic (exact) mass is 355 g/mol. The van der Waals surface area contributed by atoms with Crippen molar-refractivity contribution in [1.82, 2.24) is 0 Å². The number of anilines is 1. The molecule has 138 valence electrons. The molecular formula is C20H25N3O3. The number of nitrogens with two attached hydrogens (primary N) is 1. The van der Waals surface area contributed by atoms with Crippen molar-refractivity contribution in [2.75, 3.05) is 31.7 Å². The summed E-state index contributed by atoms with van der Waals surface area (Å²) in [6.07, 6.45) is 1.56. The van der Waals surface area contributed by atoms with Gasteiger partial charge in [-0.2, -0.15) is 0 Å². The third-order valence-electron chi connectivity index (χ3n) is 4.50. The summed E-state index contributed by atoms with van der Waals surface area (Å²) in [5.41, 5.74) is 6.73. The molecule has 0 bridgehead atoms. The first-order valence-electron chi connectivity index (χ1n) is 8.78. The number of nitrogens with zero attached hydrogens (tertiary/aromatic N) is 1. The van der Waals surface area contributed by atoms with Crippen molar-refractivity contribution < 1.29 is 14.6 Å². The summed E-state index contributed by atoms with van der Waals surface area (Å²) in [7, 11) is 0. The lowest BCUT2D eigenvalue weighted by atomic mass is 9.84. The third kappa shape index (κ3) is 4.97. The van der Waals surface area contributed by atoms with Crippen molar-refractivity contribution in [2.45, 2.75) is 12.8 Å². The van der Waals surface area contributed by atoms with Gasteiger partial charge in [-0.15, -0.1) is 0 Å². The van der Waals surface area contributed by atoms with Gasteiger partial charge in [-0.25, -0.2) is 0 Å².